The highest BCUT2D eigenvalue weighted by Gasteiger charge is 2.45. The van der Waals surface area contributed by atoms with Gasteiger partial charge in [-0.1, -0.05) is 0 Å². The van der Waals surface area contributed by atoms with Gasteiger partial charge in [-0.15, -0.1) is 11.3 Å². The van der Waals surface area contributed by atoms with Gasteiger partial charge in [0.05, 0.1) is 65.7 Å². The fraction of sp³-hybridized carbons (Fsp3) is 0.355. The van der Waals surface area contributed by atoms with E-state index in [9.17, 15) is 18.1 Å². The van der Waals surface area contributed by atoms with Gasteiger partial charge < -0.3 is 28.4 Å². The van der Waals surface area contributed by atoms with Crippen LogP contribution < -0.4 is 19.5 Å². The molecule has 5 aromatic rings. The van der Waals surface area contributed by atoms with Gasteiger partial charge in [-0.2, -0.15) is 0 Å². The van der Waals surface area contributed by atoms with Crippen molar-refractivity contribution in [2.75, 3.05) is 32.3 Å². The van der Waals surface area contributed by atoms with Crippen molar-refractivity contribution >= 4 is 52.0 Å². The van der Waals surface area contributed by atoms with Crippen LogP contribution in [-0.4, -0.2) is 81.0 Å². The number of fused-ring (bicyclic) bond motifs is 2. The summed E-state index contributed by atoms with van der Waals surface area (Å²) >= 11 is 1.24. The lowest BCUT2D eigenvalue weighted by Crippen LogP contribution is -2.45. The quantitative estimate of drug-likeness (QED) is 0.110. The largest absolute Gasteiger partial charge is 0.483 e. The molecular formula is C31H30F3N6O8PS. The molecule has 1 aliphatic carbocycles. The van der Waals surface area contributed by atoms with Crippen molar-refractivity contribution in [3.05, 3.63) is 54.2 Å². The van der Waals surface area contributed by atoms with E-state index in [1.54, 1.807) is 0 Å². The van der Waals surface area contributed by atoms with Gasteiger partial charge in [0.25, 0.3) is 5.92 Å². The number of hydrogen-bond donors (Lipinski definition) is 2. The average Bonchev–Trinajstić information content (AvgIpc) is 3.46. The van der Waals surface area contributed by atoms with E-state index in [1.165, 1.54) is 43.1 Å². The summed E-state index contributed by atoms with van der Waals surface area (Å²) in [6, 6.07) is 6.21. The fourth-order valence-electron chi connectivity index (χ4n) is 5.21. The molecule has 0 bridgehead atoms. The molecular weight excluding hydrogens is 704 g/mol. The number of aryl methyl sites for hydroxylation is 1. The van der Waals surface area contributed by atoms with Crippen molar-refractivity contribution < 1.29 is 50.9 Å². The van der Waals surface area contributed by atoms with Crippen molar-refractivity contribution in [3.8, 4) is 28.2 Å². The Balaban J connectivity index is 1.15. The summed E-state index contributed by atoms with van der Waals surface area (Å²) in [7, 11) is -2.16. The molecule has 0 spiro atoms. The number of ether oxygens (including phenoxy) is 4. The Hall–Kier alpha value is -4.64. The van der Waals surface area contributed by atoms with Crippen molar-refractivity contribution in [3.63, 3.8) is 0 Å². The van der Waals surface area contributed by atoms with Crippen LogP contribution >= 0.6 is 18.9 Å². The summed E-state index contributed by atoms with van der Waals surface area (Å²) in [6.07, 6.45) is -1.21. The molecule has 2 aromatic carbocycles. The topological polar surface area (TPSA) is 177 Å². The highest BCUT2D eigenvalue weighted by molar-refractivity contribution is 7.51. The Labute approximate surface area is 286 Å². The predicted molar refractivity (Wildman–Crippen MR) is 176 cm³/mol. The molecule has 0 aliphatic heterocycles. The third-order valence-corrected chi connectivity index (χ3v) is 9.13. The maximum atomic E-state index is 15.4. The van der Waals surface area contributed by atoms with Gasteiger partial charge >= 0.3 is 19.7 Å². The first-order chi connectivity index (χ1) is 23.7. The lowest BCUT2D eigenvalue weighted by Gasteiger charge is -2.35. The molecule has 50 heavy (non-hydrogen) atoms. The van der Waals surface area contributed by atoms with E-state index in [1.807, 2.05) is 19.1 Å². The number of halogens is 3. The third-order valence-electron chi connectivity index (χ3n) is 7.42. The second-order valence-corrected chi connectivity index (χ2v) is 14.3. The lowest BCUT2D eigenvalue weighted by atomic mass is 9.91. The number of amides is 1. The van der Waals surface area contributed by atoms with Crippen molar-refractivity contribution in [1.82, 2.24) is 24.9 Å². The van der Waals surface area contributed by atoms with E-state index in [4.69, 9.17) is 28.4 Å². The maximum Gasteiger partial charge on any atom is 0.412 e. The van der Waals surface area contributed by atoms with E-state index in [-0.39, 0.29) is 37.1 Å². The van der Waals surface area contributed by atoms with Crippen molar-refractivity contribution in [1.29, 1.82) is 0 Å². The van der Waals surface area contributed by atoms with E-state index in [0.29, 0.717) is 37.7 Å². The van der Waals surface area contributed by atoms with Crippen molar-refractivity contribution in [2.45, 2.75) is 44.3 Å². The minimum Gasteiger partial charge on any atom is -0.483 e. The number of methoxy groups -OCH3 is 1. The molecule has 264 valence electrons. The van der Waals surface area contributed by atoms with Crippen LogP contribution in [0.2, 0.25) is 0 Å². The number of rotatable bonds is 11. The summed E-state index contributed by atoms with van der Waals surface area (Å²) in [5.74, 6) is -3.90. The number of benzene rings is 2. The molecule has 1 saturated carbocycles. The van der Waals surface area contributed by atoms with Crippen LogP contribution in [0.3, 0.4) is 0 Å². The first-order valence-electron chi connectivity index (χ1n) is 15.1. The summed E-state index contributed by atoms with van der Waals surface area (Å²) in [6.45, 7) is 2.65. The zero-order chi connectivity index (χ0) is 35.6. The van der Waals surface area contributed by atoms with Crippen LogP contribution in [0.5, 0.6) is 17.6 Å². The monoisotopic (exact) mass is 734 g/mol. The second-order valence-electron chi connectivity index (χ2n) is 11.4. The normalized spacial score (nSPS) is 18.4. The SMILES string of the molecule is COc1cnc2c(-c3nc4cc(F)c(O[C@H]5CC(F)(F)CC[C@H]5OC(=O)Nc5cnc(OCCOP(C)(=O)O)nc5)cc4s3)cc(C)cc2n1. The molecule has 14 nitrogen and oxygen atoms in total. The van der Waals surface area contributed by atoms with Gasteiger partial charge in [-0.25, -0.2) is 42.9 Å². The van der Waals surface area contributed by atoms with Crippen LogP contribution in [0.15, 0.2) is 42.9 Å². The zero-order valence-corrected chi connectivity index (χ0v) is 28.5. The Kier molecular flexibility index (Phi) is 10.1. The number of nitrogens with zero attached hydrogens (tertiary/aromatic N) is 5. The fourth-order valence-corrected chi connectivity index (χ4v) is 6.61. The minimum absolute atomic E-state index is 0.0898. The Morgan fingerprint density at radius 2 is 1.86 bits per heavy atom. The number of thiazole rings is 1. The molecule has 3 heterocycles. The number of anilines is 1. The highest BCUT2D eigenvalue weighted by Crippen LogP contribution is 2.40. The second kappa shape index (κ2) is 14.3. The molecule has 1 unspecified atom stereocenters. The van der Waals surface area contributed by atoms with Gasteiger partial charge in [-0.05, 0) is 31.0 Å². The van der Waals surface area contributed by atoms with Gasteiger partial charge in [0.2, 0.25) is 5.88 Å². The summed E-state index contributed by atoms with van der Waals surface area (Å²) in [5, 5.41) is 2.95. The smallest absolute Gasteiger partial charge is 0.412 e. The number of aromatic nitrogens is 5. The Bertz CT molecular complexity index is 2080. The molecule has 3 aromatic heterocycles. The Morgan fingerprint density at radius 1 is 1.08 bits per heavy atom. The van der Waals surface area contributed by atoms with E-state index >= 15 is 4.39 Å². The van der Waals surface area contributed by atoms with Gasteiger partial charge in [0.15, 0.2) is 11.6 Å². The summed E-state index contributed by atoms with van der Waals surface area (Å²) in [4.78, 5) is 43.2. The lowest BCUT2D eigenvalue weighted by molar-refractivity contribution is -0.114. The number of nitrogens with one attached hydrogen (secondary N) is 1. The highest BCUT2D eigenvalue weighted by atomic mass is 32.1. The number of carbonyl (C=O) groups is 1. The third kappa shape index (κ3) is 8.56. The van der Waals surface area contributed by atoms with E-state index < -0.39 is 50.5 Å². The van der Waals surface area contributed by atoms with Gasteiger partial charge in [-0.3, -0.25) is 9.88 Å². The molecule has 3 atom stereocenters. The standard InChI is InChI=1S/C31H30F3N6O8PS/c1-16-8-18(27-21(9-16)39-26(44-2)15-35-27)28-40-20-10-19(32)23(11-25(20)50-28)47-24-12-31(33,34)5-4-22(24)48-30(41)38-17-13-36-29(37-14-17)45-6-7-46-49(3,42)43/h8-11,13-15,22,24H,4-7,12H2,1-3H3,(H,38,41)(H,42,43)/t22-,24+/m1/s1. The molecule has 6 rings (SSSR count). The zero-order valence-electron chi connectivity index (χ0n) is 26.8. The van der Waals surface area contributed by atoms with Crippen molar-refractivity contribution in [2.24, 2.45) is 0 Å². The van der Waals surface area contributed by atoms with Gasteiger partial charge in [0, 0.05) is 30.8 Å². The molecule has 2 N–H and O–H groups in total. The van der Waals surface area contributed by atoms with Crippen LogP contribution in [0.1, 0.15) is 24.8 Å². The summed E-state index contributed by atoms with van der Waals surface area (Å²) < 4.78 is 82.5. The predicted octanol–water partition coefficient (Wildman–Crippen LogP) is 6.55. The maximum absolute atomic E-state index is 15.4. The van der Waals surface area contributed by atoms with Crippen LogP contribution in [-0.2, 0) is 13.8 Å². The minimum atomic E-state index is -3.65. The first-order valence-corrected chi connectivity index (χ1v) is 17.9. The van der Waals surface area contributed by atoms with Crippen LogP contribution in [0, 0.1) is 12.7 Å². The molecule has 19 heteroatoms. The molecule has 1 fully saturated rings. The molecule has 0 saturated heterocycles. The average molecular weight is 735 g/mol. The summed E-state index contributed by atoms with van der Waals surface area (Å²) in [5.41, 5.74) is 3.18. The Morgan fingerprint density at radius 3 is 2.60 bits per heavy atom. The number of alkyl halides is 2. The first kappa shape index (κ1) is 35.2. The van der Waals surface area contributed by atoms with Gasteiger partial charge in [0.1, 0.15) is 23.8 Å². The van der Waals surface area contributed by atoms with E-state index in [0.717, 1.165) is 18.3 Å². The number of hydrogen-bond acceptors (Lipinski definition) is 13. The van der Waals surface area contributed by atoms with Crippen LogP contribution in [0.25, 0.3) is 31.8 Å². The molecule has 1 amide bonds. The molecule has 1 aliphatic rings. The van der Waals surface area contributed by atoms with Crippen LogP contribution in [0.4, 0.5) is 23.7 Å². The molecule has 0 radical (unpaired) electrons. The number of carbonyl (C=O) groups excluding carboxylic acids is 1. The van der Waals surface area contributed by atoms with E-state index in [2.05, 4.69) is 30.2 Å².